The Morgan fingerprint density at radius 2 is 1.92 bits per heavy atom. The van der Waals surface area contributed by atoms with E-state index in [1.54, 1.807) is 0 Å². The van der Waals surface area contributed by atoms with E-state index in [4.69, 9.17) is 5.26 Å². The van der Waals surface area contributed by atoms with Gasteiger partial charge in [0.05, 0.1) is 18.5 Å². The highest BCUT2D eigenvalue weighted by molar-refractivity contribution is 5.85. The van der Waals surface area contributed by atoms with Gasteiger partial charge in [-0.15, -0.1) is 0 Å². The summed E-state index contributed by atoms with van der Waals surface area (Å²) in [6, 6.07) is 1.96. The van der Waals surface area contributed by atoms with Crippen molar-refractivity contribution in [2.75, 3.05) is 0 Å². The summed E-state index contributed by atoms with van der Waals surface area (Å²) < 4.78 is 0. The lowest BCUT2D eigenvalue weighted by Crippen LogP contribution is -2.42. The van der Waals surface area contributed by atoms with Crippen molar-refractivity contribution in [2.24, 2.45) is 5.92 Å². The first kappa shape index (κ1) is 12.1. The summed E-state index contributed by atoms with van der Waals surface area (Å²) in [6.07, 6.45) is 0.259. The van der Waals surface area contributed by atoms with E-state index in [-0.39, 0.29) is 30.2 Å². The monoisotopic (exact) mass is 182 g/mol. The van der Waals surface area contributed by atoms with Gasteiger partial charge in [0, 0.05) is 12.0 Å². The first-order valence-corrected chi connectivity index (χ1v) is 4.65. The molecule has 3 heteroatoms. The smallest absolute Gasteiger partial charge is 0.153 e. The van der Waals surface area contributed by atoms with Crippen molar-refractivity contribution in [3.05, 3.63) is 0 Å². The summed E-state index contributed by atoms with van der Waals surface area (Å²) in [5.41, 5.74) is 0. The van der Waals surface area contributed by atoms with Crippen molar-refractivity contribution in [3.63, 3.8) is 0 Å². The molecule has 0 radical (unpaired) electrons. The Morgan fingerprint density at radius 3 is 2.23 bits per heavy atom. The van der Waals surface area contributed by atoms with E-state index >= 15 is 0 Å². The van der Waals surface area contributed by atoms with Crippen LogP contribution >= 0.6 is 0 Å². The van der Waals surface area contributed by atoms with Gasteiger partial charge < -0.3 is 5.32 Å². The van der Waals surface area contributed by atoms with E-state index < -0.39 is 0 Å². The van der Waals surface area contributed by atoms with Crippen molar-refractivity contribution in [3.8, 4) is 6.07 Å². The maximum absolute atomic E-state index is 11.6. The van der Waals surface area contributed by atoms with E-state index in [1.165, 1.54) is 0 Å². The lowest BCUT2D eigenvalue weighted by atomic mass is 9.99. The number of hydrogen-bond acceptors (Lipinski definition) is 3. The third-order valence-electron chi connectivity index (χ3n) is 1.74. The van der Waals surface area contributed by atoms with E-state index in [9.17, 15) is 4.79 Å². The molecule has 0 saturated carbocycles. The van der Waals surface area contributed by atoms with Crippen molar-refractivity contribution < 1.29 is 4.79 Å². The zero-order valence-electron chi connectivity index (χ0n) is 8.79. The van der Waals surface area contributed by atoms with Crippen LogP contribution in [0.3, 0.4) is 0 Å². The molecule has 1 N–H and O–H groups in total. The molecule has 0 rings (SSSR count). The summed E-state index contributed by atoms with van der Waals surface area (Å²) in [4.78, 5) is 11.6. The molecule has 3 nitrogen and oxygen atoms in total. The molecule has 0 spiro atoms. The van der Waals surface area contributed by atoms with Crippen LogP contribution in [0.5, 0.6) is 0 Å². The van der Waals surface area contributed by atoms with Gasteiger partial charge in [0.25, 0.3) is 0 Å². The number of carbonyl (C=O) groups is 1. The van der Waals surface area contributed by atoms with Crippen molar-refractivity contribution in [1.82, 2.24) is 5.32 Å². The zero-order chi connectivity index (χ0) is 10.4. The summed E-state index contributed by atoms with van der Waals surface area (Å²) >= 11 is 0. The van der Waals surface area contributed by atoms with Gasteiger partial charge in [0.15, 0.2) is 5.78 Å². The Hall–Kier alpha value is -0.880. The molecule has 74 valence electrons. The van der Waals surface area contributed by atoms with Crippen LogP contribution in [0, 0.1) is 17.2 Å². The standard InChI is InChI=1S/C10H18N2O/c1-7(2)10(13)9(5-6-11)12-8(3)4/h7-9,12H,5H2,1-4H3. The number of rotatable bonds is 5. The van der Waals surface area contributed by atoms with E-state index in [1.807, 2.05) is 33.8 Å². The first-order chi connectivity index (χ1) is 5.99. The Balaban J connectivity index is 4.25. The molecule has 0 aromatic rings. The Morgan fingerprint density at radius 1 is 1.38 bits per heavy atom. The average molecular weight is 182 g/mol. The normalized spacial score (nSPS) is 13.0. The van der Waals surface area contributed by atoms with Crippen LogP contribution in [0.15, 0.2) is 0 Å². The fourth-order valence-corrected chi connectivity index (χ4v) is 1.14. The number of nitrogens with one attached hydrogen (secondary N) is 1. The molecule has 0 aliphatic heterocycles. The second-order valence-electron chi connectivity index (χ2n) is 3.79. The van der Waals surface area contributed by atoms with Gasteiger partial charge in [-0.2, -0.15) is 5.26 Å². The summed E-state index contributed by atoms with van der Waals surface area (Å²) in [5.74, 6) is 0.111. The van der Waals surface area contributed by atoms with Gasteiger partial charge in [-0.25, -0.2) is 0 Å². The Kier molecular flexibility index (Phi) is 5.33. The fraction of sp³-hybridized carbons (Fsp3) is 0.800. The highest BCUT2D eigenvalue weighted by Gasteiger charge is 2.20. The molecule has 0 saturated heterocycles. The summed E-state index contributed by atoms with van der Waals surface area (Å²) in [7, 11) is 0. The van der Waals surface area contributed by atoms with Gasteiger partial charge >= 0.3 is 0 Å². The number of Topliss-reactive ketones (excluding diaryl/α,β-unsaturated/α-hetero) is 1. The second-order valence-corrected chi connectivity index (χ2v) is 3.79. The molecule has 0 amide bonds. The van der Waals surface area contributed by atoms with Gasteiger partial charge in [0.1, 0.15) is 0 Å². The van der Waals surface area contributed by atoms with Crippen molar-refractivity contribution >= 4 is 5.78 Å². The molecule has 0 aliphatic rings. The van der Waals surface area contributed by atoms with Gasteiger partial charge in [-0.1, -0.05) is 27.7 Å². The third kappa shape index (κ3) is 4.64. The van der Waals surface area contributed by atoms with Crippen LogP contribution in [0.1, 0.15) is 34.1 Å². The van der Waals surface area contributed by atoms with Crippen LogP contribution in [-0.4, -0.2) is 17.9 Å². The molecule has 0 bridgehead atoms. The van der Waals surface area contributed by atoms with Gasteiger partial charge in [-0.05, 0) is 0 Å². The topological polar surface area (TPSA) is 52.9 Å². The van der Waals surface area contributed by atoms with Crippen molar-refractivity contribution in [1.29, 1.82) is 5.26 Å². The predicted molar refractivity (Wildman–Crippen MR) is 52.1 cm³/mol. The number of hydrogen-bond donors (Lipinski definition) is 1. The van der Waals surface area contributed by atoms with Crippen LogP contribution in [0.2, 0.25) is 0 Å². The summed E-state index contributed by atoms with van der Waals surface area (Å²) in [5, 5.41) is 11.6. The second kappa shape index (κ2) is 5.71. The highest BCUT2D eigenvalue weighted by Crippen LogP contribution is 2.03. The maximum atomic E-state index is 11.6. The minimum absolute atomic E-state index is 0.00963. The minimum Gasteiger partial charge on any atom is -0.304 e. The lowest BCUT2D eigenvalue weighted by Gasteiger charge is -2.19. The molecule has 0 aromatic heterocycles. The first-order valence-electron chi connectivity index (χ1n) is 4.65. The zero-order valence-corrected chi connectivity index (χ0v) is 8.79. The number of nitrogens with zero attached hydrogens (tertiary/aromatic N) is 1. The number of ketones is 1. The molecule has 0 aromatic carbocycles. The third-order valence-corrected chi connectivity index (χ3v) is 1.74. The van der Waals surface area contributed by atoms with Crippen molar-refractivity contribution in [2.45, 2.75) is 46.2 Å². The Bertz CT molecular complexity index is 203. The summed E-state index contributed by atoms with van der Waals surface area (Å²) in [6.45, 7) is 7.65. The van der Waals surface area contributed by atoms with E-state index in [0.717, 1.165) is 0 Å². The molecule has 13 heavy (non-hydrogen) atoms. The maximum Gasteiger partial charge on any atom is 0.153 e. The largest absolute Gasteiger partial charge is 0.304 e. The molecule has 0 fully saturated rings. The van der Waals surface area contributed by atoms with E-state index in [0.29, 0.717) is 0 Å². The average Bonchev–Trinajstić information content (AvgIpc) is 2.01. The quantitative estimate of drug-likeness (QED) is 0.701. The lowest BCUT2D eigenvalue weighted by molar-refractivity contribution is -0.124. The molecule has 1 unspecified atom stereocenters. The van der Waals surface area contributed by atoms with E-state index in [2.05, 4.69) is 5.32 Å². The van der Waals surface area contributed by atoms with Crippen LogP contribution in [0.25, 0.3) is 0 Å². The van der Waals surface area contributed by atoms with Gasteiger partial charge in [-0.3, -0.25) is 4.79 Å². The Labute approximate surface area is 80.1 Å². The van der Waals surface area contributed by atoms with Crippen LogP contribution < -0.4 is 5.32 Å². The number of carbonyl (C=O) groups excluding carboxylic acids is 1. The molecule has 0 aliphatic carbocycles. The number of nitriles is 1. The minimum atomic E-state index is -0.301. The molecule has 1 atom stereocenters. The highest BCUT2D eigenvalue weighted by atomic mass is 16.1. The molecular weight excluding hydrogens is 164 g/mol. The molecule has 0 heterocycles. The fourth-order valence-electron chi connectivity index (χ4n) is 1.14. The van der Waals surface area contributed by atoms with Crippen LogP contribution in [0.4, 0.5) is 0 Å². The van der Waals surface area contributed by atoms with Crippen LogP contribution in [-0.2, 0) is 4.79 Å². The molecular formula is C10H18N2O. The SMILES string of the molecule is CC(C)NC(CC#N)C(=O)C(C)C. The predicted octanol–water partition coefficient (Wildman–Crippen LogP) is 1.49. The van der Waals surface area contributed by atoms with Gasteiger partial charge in [0.2, 0.25) is 0 Å².